The Morgan fingerprint density at radius 3 is 1.85 bits per heavy atom. The molecule has 2 amide bonds. The fraction of sp³-hybridized carbons (Fsp3) is 0.375. The van der Waals surface area contributed by atoms with E-state index >= 15 is 0 Å². The molecule has 1 aromatic carbocycles. The second-order valence-corrected chi connectivity index (χ2v) is 5.35. The van der Waals surface area contributed by atoms with Gasteiger partial charge in [0.1, 0.15) is 5.75 Å². The lowest BCUT2D eigenvalue weighted by Crippen LogP contribution is -2.38. The molecule has 0 aromatic heterocycles. The number of rotatable bonds is 6. The van der Waals surface area contributed by atoms with Crippen molar-refractivity contribution >= 4 is 29.4 Å². The minimum absolute atomic E-state index is 0.0373. The molecule has 0 radical (unpaired) electrons. The molecular formula is C16H23N3O7. The highest BCUT2D eigenvalue weighted by atomic mass is 16.5. The first kappa shape index (κ1) is 22.9. The number of amides is 2. The maximum Gasteiger partial charge on any atom is 0.414 e. The maximum atomic E-state index is 11.8. The molecule has 144 valence electrons. The van der Waals surface area contributed by atoms with Crippen LogP contribution in [0, 0.1) is 0 Å². The van der Waals surface area contributed by atoms with E-state index in [9.17, 15) is 9.59 Å². The Kier molecular flexibility index (Phi) is 10.0. The van der Waals surface area contributed by atoms with Crippen LogP contribution in [0.2, 0.25) is 0 Å². The van der Waals surface area contributed by atoms with E-state index < -0.39 is 11.9 Å². The summed E-state index contributed by atoms with van der Waals surface area (Å²) in [4.78, 5) is 44.7. The summed E-state index contributed by atoms with van der Waals surface area (Å²) in [7, 11) is 6.69. The van der Waals surface area contributed by atoms with Gasteiger partial charge < -0.3 is 25.2 Å². The number of carboxylic acids is 2. The first-order valence-electron chi connectivity index (χ1n) is 7.35. The van der Waals surface area contributed by atoms with E-state index in [-0.39, 0.29) is 24.9 Å². The highest BCUT2D eigenvalue weighted by molar-refractivity contribution is 6.27. The molecule has 0 fully saturated rings. The van der Waals surface area contributed by atoms with Crippen LogP contribution in [-0.2, 0) is 19.2 Å². The molecule has 3 N–H and O–H groups in total. The number of carbonyl (C=O) groups is 4. The Morgan fingerprint density at radius 1 is 0.962 bits per heavy atom. The van der Waals surface area contributed by atoms with Crippen molar-refractivity contribution < 1.29 is 34.1 Å². The monoisotopic (exact) mass is 369 g/mol. The molecule has 0 saturated heterocycles. The van der Waals surface area contributed by atoms with Crippen molar-refractivity contribution in [3.05, 3.63) is 24.3 Å². The lowest BCUT2D eigenvalue weighted by atomic mass is 10.3. The Bertz CT molecular complexity index is 617. The molecule has 0 aliphatic rings. The second-order valence-electron chi connectivity index (χ2n) is 5.35. The van der Waals surface area contributed by atoms with Gasteiger partial charge in [-0.2, -0.15) is 0 Å². The largest absolute Gasteiger partial charge is 0.497 e. The van der Waals surface area contributed by atoms with Crippen molar-refractivity contribution in [2.75, 3.05) is 46.7 Å². The zero-order valence-corrected chi connectivity index (χ0v) is 15.1. The molecule has 26 heavy (non-hydrogen) atoms. The Labute approximate surface area is 151 Å². The fourth-order valence-electron chi connectivity index (χ4n) is 1.55. The van der Waals surface area contributed by atoms with Gasteiger partial charge in [0.25, 0.3) is 0 Å². The smallest absolute Gasteiger partial charge is 0.414 e. The summed E-state index contributed by atoms with van der Waals surface area (Å²) in [5.41, 5.74) is 0.697. The van der Waals surface area contributed by atoms with Gasteiger partial charge >= 0.3 is 11.9 Å². The lowest BCUT2D eigenvalue weighted by Gasteiger charge is -2.18. The van der Waals surface area contributed by atoms with Crippen molar-refractivity contribution in [2.24, 2.45) is 0 Å². The van der Waals surface area contributed by atoms with Crippen molar-refractivity contribution in [1.82, 2.24) is 9.80 Å². The number of nitrogens with zero attached hydrogens (tertiary/aromatic N) is 2. The standard InChI is InChI=1S/C14H21N3O3.C2H2O4/c1-16(2)14(19)10-17(3)9-13(18)15-11-5-7-12(20-4)8-6-11;3-1(4)2(5)6/h5-8H,9-10H2,1-4H3,(H,15,18);(H,3,4)(H,5,6). The third-order valence-electron chi connectivity index (χ3n) is 2.87. The molecule has 0 atom stereocenters. The molecule has 0 aliphatic carbocycles. The number of benzene rings is 1. The number of nitrogens with one attached hydrogen (secondary N) is 1. The summed E-state index contributed by atoms with van der Waals surface area (Å²) in [6.07, 6.45) is 0. The van der Waals surface area contributed by atoms with Gasteiger partial charge in [0, 0.05) is 19.8 Å². The van der Waals surface area contributed by atoms with Crippen molar-refractivity contribution in [1.29, 1.82) is 0 Å². The predicted molar refractivity (Wildman–Crippen MR) is 93.1 cm³/mol. The van der Waals surface area contributed by atoms with E-state index in [1.807, 2.05) is 0 Å². The highest BCUT2D eigenvalue weighted by Crippen LogP contribution is 2.14. The number of likely N-dealkylation sites (N-methyl/N-ethyl adjacent to an activating group) is 2. The molecule has 1 aromatic rings. The van der Waals surface area contributed by atoms with Crippen LogP contribution in [-0.4, -0.2) is 85.1 Å². The fourth-order valence-corrected chi connectivity index (χ4v) is 1.55. The molecule has 10 heteroatoms. The number of anilines is 1. The van der Waals surface area contributed by atoms with Gasteiger partial charge in [-0.1, -0.05) is 0 Å². The average Bonchev–Trinajstić information content (AvgIpc) is 2.55. The topological polar surface area (TPSA) is 136 Å². The molecule has 0 spiro atoms. The average molecular weight is 369 g/mol. The van der Waals surface area contributed by atoms with Gasteiger partial charge in [-0.25, -0.2) is 9.59 Å². The summed E-state index contributed by atoms with van der Waals surface area (Å²) >= 11 is 0. The normalized spacial score (nSPS) is 9.58. The molecule has 0 saturated carbocycles. The number of methoxy groups -OCH3 is 1. The van der Waals surface area contributed by atoms with E-state index in [1.54, 1.807) is 57.4 Å². The Balaban J connectivity index is 0.000000896. The third-order valence-corrected chi connectivity index (χ3v) is 2.87. The van der Waals surface area contributed by atoms with Gasteiger partial charge in [0.05, 0.1) is 20.2 Å². The molecular weight excluding hydrogens is 346 g/mol. The zero-order valence-electron chi connectivity index (χ0n) is 15.1. The van der Waals surface area contributed by atoms with Gasteiger partial charge in [-0.3, -0.25) is 14.5 Å². The number of hydrogen-bond donors (Lipinski definition) is 3. The summed E-state index contributed by atoms with van der Waals surface area (Å²) in [6.45, 7) is 0.370. The highest BCUT2D eigenvalue weighted by Gasteiger charge is 2.12. The van der Waals surface area contributed by atoms with Crippen molar-refractivity contribution in [3.8, 4) is 5.75 Å². The van der Waals surface area contributed by atoms with E-state index in [1.165, 1.54) is 4.90 Å². The van der Waals surface area contributed by atoms with Gasteiger partial charge in [0.15, 0.2) is 0 Å². The molecule has 1 rings (SSSR count). The van der Waals surface area contributed by atoms with Gasteiger partial charge in [0.2, 0.25) is 11.8 Å². The molecule has 0 bridgehead atoms. The van der Waals surface area contributed by atoms with Crippen LogP contribution in [0.3, 0.4) is 0 Å². The van der Waals surface area contributed by atoms with Gasteiger partial charge in [-0.05, 0) is 31.3 Å². The SMILES string of the molecule is COc1ccc(NC(=O)CN(C)CC(=O)N(C)C)cc1.O=C(O)C(=O)O. The first-order chi connectivity index (χ1) is 12.1. The summed E-state index contributed by atoms with van der Waals surface area (Å²) < 4.78 is 5.04. The number of ether oxygens (including phenoxy) is 1. The van der Waals surface area contributed by atoms with E-state index in [0.717, 1.165) is 5.75 Å². The zero-order chi connectivity index (χ0) is 20.3. The van der Waals surface area contributed by atoms with Crippen LogP contribution < -0.4 is 10.1 Å². The van der Waals surface area contributed by atoms with E-state index in [2.05, 4.69) is 5.32 Å². The van der Waals surface area contributed by atoms with Crippen molar-refractivity contribution in [3.63, 3.8) is 0 Å². The lowest BCUT2D eigenvalue weighted by molar-refractivity contribution is -0.159. The number of carbonyl (C=O) groups excluding carboxylic acids is 2. The van der Waals surface area contributed by atoms with E-state index in [4.69, 9.17) is 24.5 Å². The van der Waals surface area contributed by atoms with Crippen LogP contribution in [0.5, 0.6) is 5.75 Å². The molecule has 0 heterocycles. The summed E-state index contributed by atoms with van der Waals surface area (Å²) in [5.74, 6) is -3.12. The number of hydrogen-bond acceptors (Lipinski definition) is 6. The maximum absolute atomic E-state index is 11.8. The predicted octanol–water partition coefficient (Wildman–Crippen LogP) is -0.191. The van der Waals surface area contributed by atoms with Crippen molar-refractivity contribution in [2.45, 2.75) is 0 Å². The molecule has 10 nitrogen and oxygen atoms in total. The van der Waals surface area contributed by atoms with Crippen LogP contribution >= 0.6 is 0 Å². The summed E-state index contributed by atoms with van der Waals surface area (Å²) in [5, 5.41) is 17.5. The van der Waals surface area contributed by atoms with Crippen LogP contribution in [0.25, 0.3) is 0 Å². The Morgan fingerprint density at radius 2 is 1.46 bits per heavy atom. The summed E-state index contributed by atoms with van der Waals surface area (Å²) in [6, 6.07) is 7.08. The van der Waals surface area contributed by atoms with Crippen LogP contribution in [0.1, 0.15) is 0 Å². The quantitative estimate of drug-likeness (QED) is 0.587. The third kappa shape index (κ3) is 9.88. The first-order valence-corrected chi connectivity index (χ1v) is 7.35. The van der Waals surface area contributed by atoms with Gasteiger partial charge in [-0.15, -0.1) is 0 Å². The second kappa shape index (κ2) is 11.4. The molecule has 0 unspecified atom stereocenters. The van der Waals surface area contributed by atoms with Crippen LogP contribution in [0.15, 0.2) is 24.3 Å². The van der Waals surface area contributed by atoms with E-state index in [0.29, 0.717) is 5.69 Å². The minimum Gasteiger partial charge on any atom is -0.497 e. The Hall–Kier alpha value is -3.14. The number of carboxylic acid groups (broad SMARTS) is 2. The number of aliphatic carboxylic acids is 2. The minimum atomic E-state index is -1.82. The molecule has 0 aliphatic heterocycles. The van der Waals surface area contributed by atoms with Crippen LogP contribution in [0.4, 0.5) is 5.69 Å².